The van der Waals surface area contributed by atoms with Gasteiger partial charge < -0.3 is 4.79 Å². The fourth-order valence-corrected chi connectivity index (χ4v) is 2.13. The smallest absolute Gasteiger partial charge is 0.178 e. The molecule has 0 spiro atoms. The Morgan fingerprint density at radius 1 is 1.44 bits per heavy atom. The van der Waals surface area contributed by atoms with E-state index in [0.29, 0.717) is 5.56 Å². The fraction of sp³-hybridized carbons (Fsp3) is 0.364. The van der Waals surface area contributed by atoms with Crippen LogP contribution in [0.4, 0.5) is 4.39 Å². The standard InChI is InChI=1S/C11H13FO3S/c1-8(5-6-13)9-3-4-11(10(12)7-9)16(2,14)15/h3-4,6-8H,5H2,1-2H3. The lowest BCUT2D eigenvalue weighted by molar-refractivity contribution is -0.108. The molecule has 3 nitrogen and oxygen atoms in total. The van der Waals surface area contributed by atoms with Crippen LogP contribution in [0.3, 0.4) is 0 Å². The third-order valence-electron chi connectivity index (χ3n) is 2.37. The second-order valence-electron chi connectivity index (χ2n) is 3.77. The maximum absolute atomic E-state index is 13.5. The lowest BCUT2D eigenvalue weighted by Crippen LogP contribution is -2.03. The summed E-state index contributed by atoms with van der Waals surface area (Å²) in [5, 5.41) is 0. The van der Waals surface area contributed by atoms with E-state index in [1.165, 1.54) is 18.2 Å². The molecule has 0 bridgehead atoms. The molecule has 0 saturated heterocycles. The summed E-state index contributed by atoms with van der Waals surface area (Å²) in [6, 6.07) is 3.94. The van der Waals surface area contributed by atoms with Gasteiger partial charge in [0.1, 0.15) is 17.0 Å². The highest BCUT2D eigenvalue weighted by atomic mass is 32.2. The van der Waals surface area contributed by atoms with Crippen molar-refractivity contribution < 1.29 is 17.6 Å². The fourth-order valence-electron chi connectivity index (χ4n) is 1.40. The van der Waals surface area contributed by atoms with Gasteiger partial charge in [-0.3, -0.25) is 0 Å². The molecule has 5 heteroatoms. The first-order valence-electron chi connectivity index (χ1n) is 4.79. The molecule has 0 amide bonds. The van der Waals surface area contributed by atoms with Gasteiger partial charge in [0.15, 0.2) is 9.84 Å². The van der Waals surface area contributed by atoms with Crippen LogP contribution >= 0.6 is 0 Å². The summed E-state index contributed by atoms with van der Waals surface area (Å²) in [6.45, 7) is 1.78. The van der Waals surface area contributed by atoms with Crippen molar-refractivity contribution >= 4 is 16.1 Å². The van der Waals surface area contributed by atoms with E-state index in [9.17, 15) is 17.6 Å². The van der Waals surface area contributed by atoms with Crippen LogP contribution in [0.25, 0.3) is 0 Å². The van der Waals surface area contributed by atoms with Crippen LogP contribution < -0.4 is 0 Å². The van der Waals surface area contributed by atoms with Gasteiger partial charge in [0.05, 0.1) is 0 Å². The molecule has 0 heterocycles. The second kappa shape index (κ2) is 4.74. The number of aldehydes is 1. The Morgan fingerprint density at radius 2 is 2.06 bits per heavy atom. The van der Waals surface area contributed by atoms with Crippen molar-refractivity contribution in [2.24, 2.45) is 0 Å². The molecule has 1 unspecified atom stereocenters. The molecule has 0 N–H and O–H groups in total. The largest absolute Gasteiger partial charge is 0.303 e. The van der Waals surface area contributed by atoms with E-state index in [-0.39, 0.29) is 17.2 Å². The quantitative estimate of drug-likeness (QED) is 0.760. The molecule has 1 rings (SSSR count). The van der Waals surface area contributed by atoms with Crippen LogP contribution in [0.15, 0.2) is 23.1 Å². The number of carbonyl (C=O) groups is 1. The van der Waals surface area contributed by atoms with Crippen LogP contribution in [0.1, 0.15) is 24.8 Å². The highest BCUT2D eigenvalue weighted by Crippen LogP contribution is 2.22. The summed E-state index contributed by atoms with van der Waals surface area (Å²) in [7, 11) is -3.53. The van der Waals surface area contributed by atoms with E-state index >= 15 is 0 Å². The van der Waals surface area contributed by atoms with Crippen molar-refractivity contribution in [3.8, 4) is 0 Å². The van der Waals surface area contributed by atoms with Gasteiger partial charge in [-0.2, -0.15) is 0 Å². The Balaban J connectivity index is 3.14. The van der Waals surface area contributed by atoms with Gasteiger partial charge in [0.25, 0.3) is 0 Å². The summed E-state index contributed by atoms with van der Waals surface area (Å²) in [6.07, 6.45) is 2.00. The molecule has 1 aromatic carbocycles. The summed E-state index contributed by atoms with van der Waals surface area (Å²) < 4.78 is 35.8. The molecule has 88 valence electrons. The molecule has 0 fully saturated rings. The maximum Gasteiger partial charge on any atom is 0.178 e. The first-order valence-corrected chi connectivity index (χ1v) is 6.68. The number of carbonyl (C=O) groups excluding carboxylic acids is 1. The van der Waals surface area contributed by atoms with Crippen molar-refractivity contribution in [3.63, 3.8) is 0 Å². The Labute approximate surface area is 94.2 Å². The van der Waals surface area contributed by atoms with E-state index in [1.54, 1.807) is 6.92 Å². The summed E-state index contributed by atoms with van der Waals surface area (Å²) in [5.74, 6) is -0.877. The van der Waals surface area contributed by atoms with Crippen LogP contribution in [0.2, 0.25) is 0 Å². The lowest BCUT2D eigenvalue weighted by Gasteiger charge is -2.09. The number of rotatable bonds is 4. The SMILES string of the molecule is CC(CC=O)c1ccc(S(C)(=O)=O)c(F)c1. The zero-order chi connectivity index (χ0) is 12.3. The van der Waals surface area contributed by atoms with Gasteiger partial charge >= 0.3 is 0 Å². The van der Waals surface area contributed by atoms with Crippen LogP contribution in [0.5, 0.6) is 0 Å². The second-order valence-corrected chi connectivity index (χ2v) is 5.75. The number of hydrogen-bond acceptors (Lipinski definition) is 3. The highest BCUT2D eigenvalue weighted by Gasteiger charge is 2.15. The normalized spacial score (nSPS) is 13.4. The first kappa shape index (κ1) is 12.8. The van der Waals surface area contributed by atoms with Crippen molar-refractivity contribution in [2.45, 2.75) is 24.2 Å². The van der Waals surface area contributed by atoms with Gasteiger partial charge in [0.2, 0.25) is 0 Å². The molecule has 0 aliphatic heterocycles. The van der Waals surface area contributed by atoms with Crippen molar-refractivity contribution in [2.75, 3.05) is 6.26 Å². The molecule has 1 aromatic rings. The minimum atomic E-state index is -3.53. The van der Waals surface area contributed by atoms with E-state index < -0.39 is 15.7 Å². The van der Waals surface area contributed by atoms with Crippen LogP contribution in [-0.2, 0) is 14.6 Å². The van der Waals surface area contributed by atoms with E-state index in [2.05, 4.69) is 0 Å². The Kier molecular flexibility index (Phi) is 3.80. The average Bonchev–Trinajstić information content (AvgIpc) is 2.16. The first-order chi connectivity index (χ1) is 7.36. The number of halogens is 1. The zero-order valence-corrected chi connectivity index (χ0v) is 9.92. The van der Waals surface area contributed by atoms with Crippen molar-refractivity contribution in [1.29, 1.82) is 0 Å². The molecule has 0 radical (unpaired) electrons. The molecule has 0 aliphatic carbocycles. The summed E-state index contributed by atoms with van der Waals surface area (Å²) in [5.41, 5.74) is 0.622. The number of benzene rings is 1. The van der Waals surface area contributed by atoms with Gasteiger partial charge in [-0.1, -0.05) is 13.0 Å². The van der Waals surface area contributed by atoms with Gasteiger partial charge in [-0.15, -0.1) is 0 Å². The third kappa shape index (κ3) is 2.88. The van der Waals surface area contributed by atoms with E-state index in [4.69, 9.17) is 0 Å². The maximum atomic E-state index is 13.5. The average molecular weight is 244 g/mol. The van der Waals surface area contributed by atoms with E-state index in [0.717, 1.165) is 12.5 Å². The highest BCUT2D eigenvalue weighted by molar-refractivity contribution is 7.90. The number of sulfone groups is 1. The minimum Gasteiger partial charge on any atom is -0.303 e. The third-order valence-corrected chi connectivity index (χ3v) is 3.50. The summed E-state index contributed by atoms with van der Waals surface area (Å²) >= 11 is 0. The molecule has 0 saturated carbocycles. The summed E-state index contributed by atoms with van der Waals surface area (Å²) in [4.78, 5) is 10.00. The van der Waals surface area contributed by atoms with Gasteiger partial charge in [0, 0.05) is 12.7 Å². The molecular formula is C11H13FO3S. The molecule has 0 aliphatic rings. The van der Waals surface area contributed by atoms with E-state index in [1.807, 2.05) is 0 Å². The predicted octanol–water partition coefficient (Wildman–Crippen LogP) is 1.92. The molecule has 1 atom stereocenters. The number of hydrogen-bond donors (Lipinski definition) is 0. The lowest BCUT2D eigenvalue weighted by atomic mass is 9.99. The minimum absolute atomic E-state index is 0.111. The van der Waals surface area contributed by atoms with Gasteiger partial charge in [-0.05, 0) is 23.6 Å². The van der Waals surface area contributed by atoms with Crippen molar-refractivity contribution in [3.05, 3.63) is 29.6 Å². The molecule has 0 aromatic heterocycles. The Morgan fingerprint density at radius 3 is 2.50 bits per heavy atom. The Hall–Kier alpha value is -1.23. The van der Waals surface area contributed by atoms with Crippen LogP contribution in [0, 0.1) is 5.82 Å². The van der Waals surface area contributed by atoms with Crippen LogP contribution in [-0.4, -0.2) is 21.0 Å². The topological polar surface area (TPSA) is 51.2 Å². The van der Waals surface area contributed by atoms with Crippen molar-refractivity contribution in [1.82, 2.24) is 0 Å². The Bertz CT molecular complexity index is 494. The predicted molar refractivity (Wildman–Crippen MR) is 58.6 cm³/mol. The monoisotopic (exact) mass is 244 g/mol. The van der Waals surface area contributed by atoms with Gasteiger partial charge in [-0.25, -0.2) is 12.8 Å². The zero-order valence-electron chi connectivity index (χ0n) is 9.10. The molecular weight excluding hydrogens is 231 g/mol. The molecule has 16 heavy (non-hydrogen) atoms.